The average molecular weight is 415 g/mol. The first-order chi connectivity index (χ1) is 14.0. The first-order valence-electron chi connectivity index (χ1n) is 9.24. The Morgan fingerprint density at radius 2 is 2.00 bits per heavy atom. The molecule has 0 radical (unpaired) electrons. The van der Waals surface area contributed by atoms with Crippen molar-refractivity contribution in [1.82, 2.24) is 15.0 Å². The van der Waals surface area contributed by atoms with Crippen LogP contribution >= 0.6 is 11.6 Å². The lowest BCUT2D eigenvalue weighted by atomic mass is 10.2. The minimum absolute atomic E-state index is 0.132. The molecule has 1 heterocycles. The molecule has 8 heteroatoms. The van der Waals surface area contributed by atoms with E-state index in [0.717, 1.165) is 16.9 Å². The van der Waals surface area contributed by atoms with Gasteiger partial charge in [-0.2, -0.15) is 4.98 Å². The molecule has 3 aromatic rings. The van der Waals surface area contributed by atoms with Crippen LogP contribution in [0.2, 0.25) is 5.02 Å². The molecule has 152 valence electrons. The smallest absolute Gasteiger partial charge is 0.241 e. The molecule has 0 saturated carbocycles. The molecule has 0 spiro atoms. The van der Waals surface area contributed by atoms with Gasteiger partial charge in [0.15, 0.2) is 0 Å². The van der Waals surface area contributed by atoms with Crippen LogP contribution in [0.5, 0.6) is 5.75 Å². The lowest BCUT2D eigenvalue weighted by Gasteiger charge is -2.18. The minimum Gasteiger partial charge on any atom is -0.497 e. The number of carbonyl (C=O) groups is 1. The summed E-state index contributed by atoms with van der Waals surface area (Å²) in [5.74, 6) is 1.57. The number of ether oxygens (including phenoxy) is 1. The van der Waals surface area contributed by atoms with Crippen LogP contribution in [0.4, 0.5) is 5.69 Å². The van der Waals surface area contributed by atoms with Crippen molar-refractivity contribution in [2.45, 2.75) is 20.4 Å². The third-order valence-corrected chi connectivity index (χ3v) is 4.70. The van der Waals surface area contributed by atoms with Gasteiger partial charge in [-0.05, 0) is 55.4 Å². The second-order valence-electron chi connectivity index (χ2n) is 6.55. The number of methoxy groups -OCH3 is 1. The number of anilines is 1. The topological polar surface area (TPSA) is 80.5 Å². The number of rotatable bonds is 8. The maximum absolute atomic E-state index is 12.4. The highest BCUT2D eigenvalue weighted by Gasteiger charge is 2.15. The normalized spacial score (nSPS) is 10.9. The van der Waals surface area contributed by atoms with Crippen molar-refractivity contribution in [3.63, 3.8) is 0 Å². The number of aryl methyl sites for hydroxylation is 1. The minimum atomic E-state index is -0.132. The third kappa shape index (κ3) is 5.56. The summed E-state index contributed by atoms with van der Waals surface area (Å²) in [4.78, 5) is 18.8. The Labute approximate surface area is 174 Å². The summed E-state index contributed by atoms with van der Waals surface area (Å²) in [6, 6.07) is 12.8. The number of carbonyl (C=O) groups excluding carboxylic acids is 1. The molecule has 0 atom stereocenters. The second kappa shape index (κ2) is 9.54. The Kier molecular flexibility index (Phi) is 6.85. The van der Waals surface area contributed by atoms with Crippen LogP contribution in [0.1, 0.15) is 18.4 Å². The monoisotopic (exact) mass is 414 g/mol. The fourth-order valence-corrected chi connectivity index (χ4v) is 2.94. The molecular weight excluding hydrogens is 392 g/mol. The molecule has 1 amide bonds. The number of nitrogens with zero attached hydrogens (tertiary/aromatic N) is 3. The van der Waals surface area contributed by atoms with Gasteiger partial charge in [0.05, 0.1) is 20.2 Å². The van der Waals surface area contributed by atoms with Gasteiger partial charge >= 0.3 is 0 Å². The third-order valence-electron chi connectivity index (χ3n) is 4.46. The maximum Gasteiger partial charge on any atom is 0.241 e. The number of hydrogen-bond acceptors (Lipinski definition) is 6. The first-order valence-corrected chi connectivity index (χ1v) is 9.61. The van der Waals surface area contributed by atoms with E-state index in [1.54, 1.807) is 19.2 Å². The summed E-state index contributed by atoms with van der Waals surface area (Å²) in [6.07, 6.45) is 0. The fraction of sp³-hybridized carbons (Fsp3) is 0.286. The fourth-order valence-electron chi connectivity index (χ4n) is 2.77. The highest BCUT2D eigenvalue weighted by molar-refractivity contribution is 6.31. The van der Waals surface area contributed by atoms with Gasteiger partial charge in [-0.25, -0.2) is 0 Å². The Bertz CT molecular complexity index is 972. The molecule has 0 saturated heterocycles. The Morgan fingerprint density at radius 3 is 2.69 bits per heavy atom. The van der Waals surface area contributed by atoms with Gasteiger partial charge in [-0.1, -0.05) is 29.7 Å². The summed E-state index contributed by atoms with van der Waals surface area (Å²) < 4.78 is 10.5. The molecular formula is C21H23ClN4O3. The molecule has 1 aromatic heterocycles. The molecule has 0 unspecified atom stereocenters. The molecule has 1 N–H and O–H groups in total. The van der Waals surface area contributed by atoms with E-state index < -0.39 is 0 Å². The van der Waals surface area contributed by atoms with Crippen LogP contribution in [-0.2, 0) is 11.3 Å². The Balaban J connectivity index is 1.61. The number of nitrogens with one attached hydrogen (secondary N) is 1. The highest BCUT2D eigenvalue weighted by atomic mass is 35.5. The van der Waals surface area contributed by atoms with Gasteiger partial charge in [0.2, 0.25) is 17.6 Å². The van der Waals surface area contributed by atoms with E-state index in [2.05, 4.69) is 15.5 Å². The quantitative estimate of drug-likeness (QED) is 0.596. The molecule has 2 aromatic carbocycles. The molecule has 0 aliphatic rings. The van der Waals surface area contributed by atoms with Gasteiger partial charge in [-0.3, -0.25) is 9.69 Å². The van der Waals surface area contributed by atoms with Gasteiger partial charge in [0.25, 0.3) is 0 Å². The molecule has 0 fully saturated rings. The zero-order valence-corrected chi connectivity index (χ0v) is 17.4. The molecule has 7 nitrogen and oxygen atoms in total. The first kappa shape index (κ1) is 20.8. The maximum atomic E-state index is 12.4. The summed E-state index contributed by atoms with van der Waals surface area (Å²) in [6.45, 7) is 5.12. The van der Waals surface area contributed by atoms with Crippen LogP contribution in [0.15, 0.2) is 47.0 Å². The average Bonchev–Trinajstić information content (AvgIpc) is 3.18. The van der Waals surface area contributed by atoms with E-state index in [1.807, 2.05) is 49.1 Å². The second-order valence-corrected chi connectivity index (χ2v) is 6.99. The number of aromatic nitrogens is 2. The highest BCUT2D eigenvalue weighted by Crippen LogP contribution is 2.21. The number of likely N-dealkylation sites (N-methyl/N-ethyl adjacent to an activating group) is 1. The van der Waals surface area contributed by atoms with Crippen LogP contribution < -0.4 is 10.1 Å². The van der Waals surface area contributed by atoms with E-state index in [1.165, 1.54) is 0 Å². The SMILES string of the molecule is CCN(CC(=O)Nc1cc(Cl)ccc1C)Cc1nc(-c2ccc(OC)cc2)no1. The van der Waals surface area contributed by atoms with Gasteiger partial charge in [0.1, 0.15) is 5.75 Å². The lowest BCUT2D eigenvalue weighted by molar-refractivity contribution is -0.117. The zero-order valence-electron chi connectivity index (χ0n) is 16.6. The Morgan fingerprint density at radius 1 is 1.24 bits per heavy atom. The van der Waals surface area contributed by atoms with Gasteiger partial charge in [0, 0.05) is 16.3 Å². The molecule has 0 aliphatic carbocycles. The van der Waals surface area contributed by atoms with Crippen LogP contribution in [0.25, 0.3) is 11.4 Å². The number of amides is 1. The summed E-state index contributed by atoms with van der Waals surface area (Å²) in [5, 5.41) is 7.51. The van der Waals surface area contributed by atoms with E-state index in [-0.39, 0.29) is 12.5 Å². The van der Waals surface area contributed by atoms with E-state index >= 15 is 0 Å². The molecule has 0 bridgehead atoms. The van der Waals surface area contributed by atoms with E-state index in [9.17, 15) is 4.79 Å². The standard InChI is InChI=1S/C21H23ClN4O3/c1-4-26(12-19(27)23-18-11-16(22)8-5-14(18)2)13-20-24-21(25-29-20)15-6-9-17(28-3)10-7-15/h5-11H,4,12-13H2,1-3H3,(H,23,27). The zero-order chi connectivity index (χ0) is 20.8. The van der Waals surface area contributed by atoms with Crippen molar-refractivity contribution >= 4 is 23.2 Å². The largest absolute Gasteiger partial charge is 0.497 e. The Hall–Kier alpha value is -2.90. The van der Waals surface area contributed by atoms with Gasteiger partial charge < -0.3 is 14.6 Å². The van der Waals surface area contributed by atoms with Crippen molar-refractivity contribution in [1.29, 1.82) is 0 Å². The molecule has 3 rings (SSSR count). The predicted molar refractivity (Wildman–Crippen MR) is 112 cm³/mol. The lowest BCUT2D eigenvalue weighted by Crippen LogP contribution is -2.33. The number of hydrogen-bond donors (Lipinski definition) is 1. The number of halogens is 1. The van der Waals surface area contributed by atoms with Crippen molar-refractivity contribution in [2.75, 3.05) is 25.5 Å². The summed E-state index contributed by atoms with van der Waals surface area (Å²) >= 11 is 6.01. The number of benzene rings is 2. The van der Waals surface area contributed by atoms with E-state index in [4.69, 9.17) is 20.9 Å². The van der Waals surface area contributed by atoms with Crippen LogP contribution in [0, 0.1) is 6.92 Å². The van der Waals surface area contributed by atoms with Crippen LogP contribution in [-0.4, -0.2) is 41.1 Å². The van der Waals surface area contributed by atoms with E-state index in [0.29, 0.717) is 35.5 Å². The van der Waals surface area contributed by atoms with Crippen molar-refractivity contribution < 1.29 is 14.1 Å². The van der Waals surface area contributed by atoms with Crippen molar-refractivity contribution in [3.8, 4) is 17.1 Å². The van der Waals surface area contributed by atoms with Crippen molar-refractivity contribution in [2.24, 2.45) is 0 Å². The summed E-state index contributed by atoms with van der Waals surface area (Å²) in [7, 11) is 1.62. The molecule has 29 heavy (non-hydrogen) atoms. The predicted octanol–water partition coefficient (Wildman–Crippen LogP) is 4.17. The van der Waals surface area contributed by atoms with Crippen molar-refractivity contribution in [3.05, 3.63) is 58.9 Å². The molecule has 0 aliphatic heterocycles. The summed E-state index contributed by atoms with van der Waals surface area (Å²) in [5.41, 5.74) is 2.49. The van der Waals surface area contributed by atoms with Crippen LogP contribution in [0.3, 0.4) is 0 Å². The van der Waals surface area contributed by atoms with Gasteiger partial charge in [-0.15, -0.1) is 0 Å².